The highest BCUT2D eigenvalue weighted by molar-refractivity contribution is 5.74. The van der Waals surface area contributed by atoms with Crippen LogP contribution in [-0.4, -0.2) is 17.2 Å². The summed E-state index contributed by atoms with van der Waals surface area (Å²) < 4.78 is 5.37. The molecule has 0 bridgehead atoms. The Kier molecular flexibility index (Phi) is 1.92. The van der Waals surface area contributed by atoms with Gasteiger partial charge in [0, 0.05) is 12.3 Å². The van der Waals surface area contributed by atoms with Gasteiger partial charge in [-0.25, -0.2) is 0 Å². The van der Waals surface area contributed by atoms with E-state index in [4.69, 9.17) is 4.74 Å². The number of hydrogen-bond donors (Lipinski definition) is 0. The number of non-ortho nitro benzene ring substituents is 1. The summed E-state index contributed by atoms with van der Waals surface area (Å²) in [5, 5.41) is 10.5. The van der Waals surface area contributed by atoms with Crippen molar-refractivity contribution < 1.29 is 9.66 Å². The summed E-state index contributed by atoms with van der Waals surface area (Å²) in [6.07, 6.45) is 1.53. The third-order valence-electron chi connectivity index (χ3n) is 1.89. The number of rotatable bonds is 1. The molecule has 0 N–H and O–H groups in total. The van der Waals surface area contributed by atoms with Gasteiger partial charge in [0.05, 0.1) is 11.0 Å². The summed E-state index contributed by atoms with van der Waals surface area (Å²) in [5.74, 6) is 0.467. The van der Waals surface area contributed by atoms with Crippen molar-refractivity contribution in [1.29, 1.82) is 0 Å². The van der Waals surface area contributed by atoms with Crippen molar-refractivity contribution in [1.82, 2.24) is 0 Å². The second-order valence-electron chi connectivity index (χ2n) is 3.01. The Bertz CT molecular complexity index is 415. The minimum absolute atomic E-state index is 0.0213. The molecule has 72 valence electrons. The monoisotopic (exact) mass is 192 g/mol. The van der Waals surface area contributed by atoms with E-state index in [0.29, 0.717) is 11.4 Å². The van der Waals surface area contributed by atoms with E-state index in [2.05, 4.69) is 4.99 Å². The van der Waals surface area contributed by atoms with Gasteiger partial charge >= 0.3 is 0 Å². The number of hydrogen-bond acceptors (Lipinski definition) is 4. The fraction of sp³-hybridized carbons (Fsp3) is 0.222. The first-order valence-electron chi connectivity index (χ1n) is 4.16. The molecule has 0 aromatic heterocycles. The molecule has 0 aliphatic carbocycles. The van der Waals surface area contributed by atoms with Crippen LogP contribution < -0.4 is 4.74 Å². The predicted octanol–water partition coefficient (Wildman–Crippen LogP) is 2.08. The van der Waals surface area contributed by atoms with E-state index in [0.717, 1.165) is 0 Å². The molecule has 1 aromatic rings. The van der Waals surface area contributed by atoms with E-state index in [1.165, 1.54) is 12.1 Å². The van der Waals surface area contributed by atoms with E-state index in [9.17, 15) is 10.1 Å². The van der Waals surface area contributed by atoms with Crippen LogP contribution in [0.15, 0.2) is 23.2 Å². The lowest BCUT2D eigenvalue weighted by molar-refractivity contribution is -0.384. The molecule has 1 aliphatic heterocycles. The minimum Gasteiger partial charge on any atom is -0.483 e. The number of nitro benzene ring substituents is 1. The zero-order valence-electron chi connectivity index (χ0n) is 7.51. The average molecular weight is 192 g/mol. The zero-order valence-corrected chi connectivity index (χ0v) is 7.51. The third kappa shape index (κ3) is 1.44. The topological polar surface area (TPSA) is 64.7 Å². The molecular weight excluding hydrogens is 184 g/mol. The lowest BCUT2D eigenvalue weighted by atomic mass is 10.2. The van der Waals surface area contributed by atoms with Gasteiger partial charge in [0.2, 0.25) is 0 Å². The van der Waals surface area contributed by atoms with E-state index in [1.807, 2.05) is 6.92 Å². The molecule has 2 rings (SSSR count). The van der Waals surface area contributed by atoms with Crippen LogP contribution in [0.3, 0.4) is 0 Å². The number of ether oxygens (including phenoxy) is 1. The normalized spacial score (nSPS) is 18.5. The van der Waals surface area contributed by atoms with Gasteiger partial charge in [-0.3, -0.25) is 15.1 Å². The summed E-state index contributed by atoms with van der Waals surface area (Å²) in [6.45, 7) is 1.82. The average Bonchev–Trinajstić information content (AvgIpc) is 2.16. The smallest absolute Gasteiger partial charge is 0.273 e. The summed E-state index contributed by atoms with van der Waals surface area (Å²) in [7, 11) is 0. The molecule has 0 spiro atoms. The second kappa shape index (κ2) is 3.10. The van der Waals surface area contributed by atoms with Gasteiger partial charge in [0.25, 0.3) is 5.69 Å². The summed E-state index contributed by atoms with van der Waals surface area (Å²) in [6, 6.07) is 4.38. The molecule has 5 nitrogen and oxygen atoms in total. The second-order valence-corrected chi connectivity index (χ2v) is 3.01. The van der Waals surface area contributed by atoms with Crippen molar-refractivity contribution in [2.24, 2.45) is 4.99 Å². The minimum atomic E-state index is -0.452. The molecule has 1 heterocycles. The molecule has 1 unspecified atom stereocenters. The van der Waals surface area contributed by atoms with Crippen molar-refractivity contribution in [3.8, 4) is 5.75 Å². The lowest BCUT2D eigenvalue weighted by Gasteiger charge is -2.16. The van der Waals surface area contributed by atoms with Gasteiger partial charge in [0.15, 0.2) is 5.75 Å². The molecular formula is C9H8N2O3. The van der Waals surface area contributed by atoms with Crippen LogP contribution in [0.5, 0.6) is 5.75 Å². The first-order valence-corrected chi connectivity index (χ1v) is 4.16. The van der Waals surface area contributed by atoms with E-state index in [1.54, 1.807) is 12.3 Å². The maximum atomic E-state index is 10.5. The Labute approximate surface area is 80.2 Å². The van der Waals surface area contributed by atoms with Crippen LogP contribution in [0.25, 0.3) is 0 Å². The first-order chi connectivity index (χ1) is 6.66. The van der Waals surface area contributed by atoms with Crippen LogP contribution in [0.2, 0.25) is 0 Å². The van der Waals surface area contributed by atoms with E-state index in [-0.39, 0.29) is 11.8 Å². The molecule has 0 radical (unpaired) electrons. The van der Waals surface area contributed by atoms with Gasteiger partial charge in [-0.05, 0) is 13.0 Å². The Hall–Kier alpha value is -1.91. The highest BCUT2D eigenvalue weighted by Crippen LogP contribution is 2.34. The summed E-state index contributed by atoms with van der Waals surface area (Å²) in [4.78, 5) is 14.1. The van der Waals surface area contributed by atoms with E-state index >= 15 is 0 Å². The van der Waals surface area contributed by atoms with Crippen LogP contribution in [0.1, 0.15) is 6.92 Å². The van der Waals surface area contributed by atoms with Crippen molar-refractivity contribution in [3.63, 3.8) is 0 Å². The van der Waals surface area contributed by atoms with Crippen molar-refractivity contribution in [2.75, 3.05) is 0 Å². The fourth-order valence-electron chi connectivity index (χ4n) is 1.23. The van der Waals surface area contributed by atoms with Gasteiger partial charge < -0.3 is 4.74 Å². The molecule has 1 aromatic carbocycles. The number of aliphatic imine (C=N–C) groups is 1. The summed E-state index contributed by atoms with van der Waals surface area (Å²) >= 11 is 0. The van der Waals surface area contributed by atoms with Crippen LogP contribution in [-0.2, 0) is 0 Å². The maximum Gasteiger partial charge on any atom is 0.273 e. The maximum absolute atomic E-state index is 10.5. The Morgan fingerprint density at radius 2 is 2.36 bits per heavy atom. The fourth-order valence-corrected chi connectivity index (χ4v) is 1.23. The summed E-state index contributed by atoms with van der Waals surface area (Å²) in [5.41, 5.74) is 0.654. The molecule has 0 saturated carbocycles. The zero-order chi connectivity index (χ0) is 10.1. The van der Waals surface area contributed by atoms with Crippen molar-refractivity contribution in [3.05, 3.63) is 28.3 Å². The Morgan fingerprint density at radius 1 is 1.57 bits per heavy atom. The standard InChI is InChI=1S/C9H8N2O3/c1-6-5-10-8-3-2-7(11(12)13)4-9(8)14-6/h2-6H,1H3. The van der Waals surface area contributed by atoms with Crippen molar-refractivity contribution >= 4 is 17.6 Å². The number of nitrogens with zero attached hydrogens (tertiary/aromatic N) is 2. The van der Waals surface area contributed by atoms with Crippen LogP contribution >= 0.6 is 0 Å². The van der Waals surface area contributed by atoms with Crippen LogP contribution in [0, 0.1) is 10.1 Å². The lowest BCUT2D eigenvalue weighted by Crippen LogP contribution is -2.15. The Balaban J connectivity index is 2.44. The van der Waals surface area contributed by atoms with Gasteiger partial charge in [-0.15, -0.1) is 0 Å². The third-order valence-corrected chi connectivity index (χ3v) is 1.89. The predicted molar refractivity (Wildman–Crippen MR) is 51.3 cm³/mol. The van der Waals surface area contributed by atoms with Gasteiger partial charge in [-0.2, -0.15) is 0 Å². The van der Waals surface area contributed by atoms with Gasteiger partial charge in [-0.1, -0.05) is 0 Å². The van der Waals surface area contributed by atoms with Crippen LogP contribution in [0.4, 0.5) is 11.4 Å². The quantitative estimate of drug-likeness (QED) is 0.505. The molecule has 0 amide bonds. The number of benzene rings is 1. The molecule has 0 saturated heterocycles. The molecule has 5 heteroatoms. The Morgan fingerprint density at radius 3 is 3.07 bits per heavy atom. The van der Waals surface area contributed by atoms with Crippen molar-refractivity contribution in [2.45, 2.75) is 13.0 Å². The first kappa shape index (κ1) is 8.68. The number of nitro groups is 1. The largest absolute Gasteiger partial charge is 0.483 e. The molecule has 1 atom stereocenters. The number of fused-ring (bicyclic) bond motifs is 1. The molecule has 0 fully saturated rings. The van der Waals surface area contributed by atoms with Gasteiger partial charge in [0.1, 0.15) is 11.8 Å². The molecule has 14 heavy (non-hydrogen) atoms. The van der Waals surface area contributed by atoms with E-state index < -0.39 is 4.92 Å². The SMILES string of the molecule is CC1C=Nc2ccc([N+](=O)[O-])cc2O1. The molecule has 1 aliphatic rings. The highest BCUT2D eigenvalue weighted by atomic mass is 16.6. The highest BCUT2D eigenvalue weighted by Gasteiger charge is 2.16.